The van der Waals surface area contributed by atoms with Crippen molar-refractivity contribution in [3.05, 3.63) is 17.5 Å². The minimum absolute atomic E-state index is 0.00712. The van der Waals surface area contributed by atoms with Gasteiger partial charge in [-0.05, 0) is 6.07 Å². The van der Waals surface area contributed by atoms with Crippen LogP contribution in [0.3, 0.4) is 0 Å². The minimum Gasteiger partial charge on any atom is -0.376 e. The van der Waals surface area contributed by atoms with Crippen LogP contribution in [-0.2, 0) is 33.9 Å². The number of nitrogens with one attached hydrogen (secondary N) is 1. The molecule has 2 aliphatic rings. The molecule has 2 aliphatic heterocycles. The first kappa shape index (κ1) is 19.6. The van der Waals surface area contributed by atoms with Crippen molar-refractivity contribution >= 4 is 11.9 Å². The first-order valence-electron chi connectivity index (χ1n) is 9.46. The van der Waals surface area contributed by atoms with Crippen molar-refractivity contribution in [2.24, 2.45) is 5.92 Å². The molecule has 150 valence electrons. The van der Waals surface area contributed by atoms with Crippen LogP contribution in [0.4, 0.5) is 4.79 Å². The van der Waals surface area contributed by atoms with Crippen LogP contribution in [0.15, 0.2) is 6.07 Å². The Morgan fingerprint density at radius 2 is 2.19 bits per heavy atom. The number of amides is 3. The molecule has 1 fully saturated rings. The summed E-state index contributed by atoms with van der Waals surface area (Å²) in [6, 6.07) is 1.78. The molecule has 0 saturated carbocycles. The van der Waals surface area contributed by atoms with Crippen LogP contribution in [0.25, 0.3) is 0 Å². The highest BCUT2D eigenvalue weighted by Gasteiger charge is 2.24. The SMILES string of the molecule is CC(C)C(=O)N1CCn2nc(CNC(=O)N(C)CC3COCCO3)cc2C1. The molecule has 27 heavy (non-hydrogen) atoms. The van der Waals surface area contributed by atoms with Gasteiger partial charge in [-0.1, -0.05) is 13.8 Å². The van der Waals surface area contributed by atoms with Crippen LogP contribution < -0.4 is 5.32 Å². The average Bonchev–Trinajstić information content (AvgIpc) is 3.08. The first-order valence-corrected chi connectivity index (χ1v) is 9.46. The molecule has 3 rings (SSSR count). The standard InChI is InChI=1S/C18H29N5O4/c1-13(2)17(24)22-4-5-23-15(10-22)8-14(20-23)9-19-18(25)21(3)11-16-12-26-6-7-27-16/h8,13,16H,4-7,9-12H2,1-3H3,(H,19,25). The van der Waals surface area contributed by atoms with Gasteiger partial charge in [0, 0.05) is 19.5 Å². The smallest absolute Gasteiger partial charge is 0.317 e. The maximum Gasteiger partial charge on any atom is 0.317 e. The van der Waals surface area contributed by atoms with Gasteiger partial charge >= 0.3 is 6.03 Å². The fourth-order valence-electron chi connectivity index (χ4n) is 3.30. The van der Waals surface area contributed by atoms with E-state index >= 15 is 0 Å². The number of urea groups is 1. The number of fused-ring (bicyclic) bond motifs is 1. The lowest BCUT2D eigenvalue weighted by atomic mass is 10.1. The Morgan fingerprint density at radius 1 is 1.37 bits per heavy atom. The van der Waals surface area contributed by atoms with E-state index in [9.17, 15) is 9.59 Å². The van der Waals surface area contributed by atoms with E-state index in [0.29, 0.717) is 52.5 Å². The molecule has 1 aromatic heterocycles. The Morgan fingerprint density at radius 3 is 2.89 bits per heavy atom. The molecule has 3 amide bonds. The summed E-state index contributed by atoms with van der Waals surface area (Å²) in [6.07, 6.45) is -0.0844. The van der Waals surface area contributed by atoms with Gasteiger partial charge in [0.15, 0.2) is 0 Å². The van der Waals surface area contributed by atoms with E-state index in [2.05, 4.69) is 10.4 Å². The molecule has 1 unspecified atom stereocenters. The van der Waals surface area contributed by atoms with Gasteiger partial charge in [0.1, 0.15) is 0 Å². The molecule has 0 spiro atoms. The molecule has 0 bridgehead atoms. The monoisotopic (exact) mass is 379 g/mol. The van der Waals surface area contributed by atoms with Gasteiger partial charge in [-0.25, -0.2) is 4.79 Å². The molecule has 0 aliphatic carbocycles. The molecule has 3 heterocycles. The molecule has 9 heteroatoms. The van der Waals surface area contributed by atoms with Crippen LogP contribution in [0.5, 0.6) is 0 Å². The topological polar surface area (TPSA) is 88.9 Å². The van der Waals surface area contributed by atoms with E-state index in [1.807, 2.05) is 29.5 Å². The first-order chi connectivity index (χ1) is 12.9. The van der Waals surface area contributed by atoms with Crippen LogP contribution in [0.1, 0.15) is 25.2 Å². The highest BCUT2D eigenvalue weighted by atomic mass is 16.6. The molecule has 1 atom stereocenters. The fraction of sp³-hybridized carbons (Fsp3) is 0.722. The van der Waals surface area contributed by atoms with Gasteiger partial charge in [-0.15, -0.1) is 0 Å². The van der Waals surface area contributed by atoms with Gasteiger partial charge < -0.3 is 24.6 Å². The van der Waals surface area contributed by atoms with Crippen LogP contribution in [0.2, 0.25) is 0 Å². The van der Waals surface area contributed by atoms with Crippen molar-refractivity contribution in [1.29, 1.82) is 0 Å². The zero-order valence-electron chi connectivity index (χ0n) is 16.3. The van der Waals surface area contributed by atoms with Crippen molar-refractivity contribution < 1.29 is 19.1 Å². The van der Waals surface area contributed by atoms with Crippen molar-refractivity contribution in [3.8, 4) is 0 Å². The third-order valence-corrected chi connectivity index (χ3v) is 4.78. The Hall–Kier alpha value is -2.13. The number of nitrogens with zero attached hydrogens (tertiary/aromatic N) is 4. The van der Waals surface area contributed by atoms with Crippen molar-refractivity contribution in [2.45, 2.75) is 39.6 Å². The Kier molecular flexibility index (Phi) is 6.33. The Bertz CT molecular complexity index is 669. The van der Waals surface area contributed by atoms with E-state index in [0.717, 1.165) is 11.4 Å². The van der Waals surface area contributed by atoms with E-state index in [4.69, 9.17) is 9.47 Å². The fourth-order valence-corrected chi connectivity index (χ4v) is 3.30. The van der Waals surface area contributed by atoms with E-state index in [1.54, 1.807) is 11.9 Å². The molecule has 9 nitrogen and oxygen atoms in total. The number of carbonyl (C=O) groups is 2. The van der Waals surface area contributed by atoms with Crippen molar-refractivity contribution in [1.82, 2.24) is 24.9 Å². The number of hydrogen-bond acceptors (Lipinski definition) is 5. The molecule has 1 saturated heterocycles. The van der Waals surface area contributed by atoms with E-state index < -0.39 is 0 Å². The molecule has 1 aromatic rings. The minimum atomic E-state index is -0.174. The van der Waals surface area contributed by atoms with Crippen molar-refractivity contribution in [2.75, 3.05) is 40.0 Å². The van der Waals surface area contributed by atoms with Crippen molar-refractivity contribution in [3.63, 3.8) is 0 Å². The molecular formula is C18H29N5O4. The van der Waals surface area contributed by atoms with Crippen LogP contribution in [0, 0.1) is 5.92 Å². The Labute approximate surface area is 159 Å². The number of ether oxygens (including phenoxy) is 2. The quantitative estimate of drug-likeness (QED) is 0.802. The average molecular weight is 379 g/mol. The molecular weight excluding hydrogens is 350 g/mol. The number of aromatic nitrogens is 2. The molecule has 1 N–H and O–H groups in total. The van der Waals surface area contributed by atoms with Gasteiger partial charge in [0.2, 0.25) is 5.91 Å². The maximum absolute atomic E-state index is 12.3. The van der Waals surface area contributed by atoms with Gasteiger partial charge in [-0.3, -0.25) is 9.48 Å². The van der Waals surface area contributed by atoms with Gasteiger partial charge in [-0.2, -0.15) is 5.10 Å². The van der Waals surface area contributed by atoms with Crippen LogP contribution in [-0.4, -0.2) is 77.6 Å². The zero-order chi connectivity index (χ0) is 19.4. The Balaban J connectivity index is 1.49. The largest absolute Gasteiger partial charge is 0.376 e. The summed E-state index contributed by atoms with van der Waals surface area (Å²) < 4.78 is 12.8. The predicted octanol–water partition coefficient (Wildman–Crippen LogP) is 0.438. The zero-order valence-corrected chi connectivity index (χ0v) is 16.3. The lowest BCUT2D eigenvalue weighted by Crippen LogP contribution is -2.44. The summed E-state index contributed by atoms with van der Waals surface area (Å²) >= 11 is 0. The second-order valence-electron chi connectivity index (χ2n) is 7.37. The van der Waals surface area contributed by atoms with Gasteiger partial charge in [0.25, 0.3) is 0 Å². The second kappa shape index (κ2) is 8.71. The summed E-state index contributed by atoms with van der Waals surface area (Å²) in [7, 11) is 1.74. The number of rotatable bonds is 5. The predicted molar refractivity (Wildman–Crippen MR) is 97.9 cm³/mol. The highest BCUT2D eigenvalue weighted by Crippen LogP contribution is 2.16. The lowest BCUT2D eigenvalue weighted by molar-refractivity contribution is -0.136. The van der Waals surface area contributed by atoms with E-state index in [-0.39, 0.29) is 24.0 Å². The normalized spacial score (nSPS) is 19.7. The maximum atomic E-state index is 12.3. The second-order valence-corrected chi connectivity index (χ2v) is 7.37. The summed E-state index contributed by atoms with van der Waals surface area (Å²) in [5, 5.41) is 7.42. The molecule has 0 radical (unpaired) electrons. The summed E-state index contributed by atoms with van der Waals surface area (Å²) in [6.45, 7) is 8.26. The van der Waals surface area contributed by atoms with Crippen LogP contribution >= 0.6 is 0 Å². The summed E-state index contributed by atoms with van der Waals surface area (Å²) in [5.74, 6) is 0.153. The van der Waals surface area contributed by atoms with Gasteiger partial charge in [0.05, 0.1) is 63.5 Å². The van der Waals surface area contributed by atoms with E-state index in [1.165, 1.54) is 0 Å². The third-order valence-electron chi connectivity index (χ3n) is 4.78. The molecule has 0 aromatic carbocycles. The summed E-state index contributed by atoms with van der Waals surface area (Å²) in [4.78, 5) is 27.9. The third kappa shape index (κ3) is 4.98. The number of hydrogen-bond donors (Lipinski definition) is 1. The summed E-state index contributed by atoms with van der Waals surface area (Å²) in [5.41, 5.74) is 1.79. The highest BCUT2D eigenvalue weighted by molar-refractivity contribution is 5.78. The number of carbonyl (C=O) groups excluding carboxylic acids is 2. The number of likely N-dealkylation sites (N-methyl/N-ethyl adjacent to an activating group) is 1. The lowest BCUT2D eigenvalue weighted by Gasteiger charge is -2.29.